The predicted molar refractivity (Wildman–Crippen MR) is 167 cm³/mol. The molecule has 0 radical (unpaired) electrons. The van der Waals surface area contributed by atoms with Gasteiger partial charge in [-0.15, -0.1) is 10.2 Å². The van der Waals surface area contributed by atoms with Crippen LogP contribution < -0.4 is 19.1 Å². The molecule has 1 atom stereocenters. The minimum Gasteiger partial charge on any atom is -0.490 e. The highest BCUT2D eigenvalue weighted by Gasteiger charge is 2.37. The van der Waals surface area contributed by atoms with Gasteiger partial charge in [0.2, 0.25) is 17.3 Å². The Kier molecular flexibility index (Phi) is 8.44. The first kappa shape index (κ1) is 28.5. The second kappa shape index (κ2) is 12.7. The van der Waals surface area contributed by atoms with Crippen LogP contribution in [0.15, 0.2) is 102 Å². The lowest BCUT2D eigenvalue weighted by molar-refractivity contribution is 0.0909. The number of benzene rings is 4. The van der Waals surface area contributed by atoms with E-state index in [0.29, 0.717) is 63.0 Å². The summed E-state index contributed by atoms with van der Waals surface area (Å²) in [6, 6.07) is 29.8. The van der Waals surface area contributed by atoms with Crippen LogP contribution in [0.5, 0.6) is 17.4 Å². The molecule has 0 N–H and O–H groups in total. The molecule has 5 aromatic rings. The van der Waals surface area contributed by atoms with Crippen LogP contribution in [0, 0.1) is 0 Å². The first-order valence-corrected chi connectivity index (χ1v) is 15.2. The second-order valence-corrected chi connectivity index (χ2v) is 10.7. The van der Waals surface area contributed by atoms with Gasteiger partial charge in [0, 0.05) is 16.7 Å². The van der Waals surface area contributed by atoms with Crippen molar-refractivity contribution in [2.24, 2.45) is 0 Å². The fourth-order valence-electron chi connectivity index (χ4n) is 4.82. The van der Waals surface area contributed by atoms with Crippen molar-refractivity contribution in [3.8, 4) is 28.6 Å². The maximum atomic E-state index is 14.3. The molecule has 1 aromatic heterocycles. The zero-order chi connectivity index (χ0) is 29.8. The number of amides is 1. The van der Waals surface area contributed by atoms with E-state index in [-0.39, 0.29) is 11.8 Å². The highest BCUT2D eigenvalue weighted by Crippen LogP contribution is 2.46. The van der Waals surface area contributed by atoms with Crippen molar-refractivity contribution in [2.45, 2.75) is 24.9 Å². The largest absolute Gasteiger partial charge is 0.490 e. The molecule has 0 fully saturated rings. The zero-order valence-electron chi connectivity index (χ0n) is 23.4. The number of rotatable bonds is 8. The van der Waals surface area contributed by atoms with E-state index in [2.05, 4.69) is 15.2 Å². The summed E-state index contributed by atoms with van der Waals surface area (Å²) in [4.78, 5) is 20.5. The lowest BCUT2D eigenvalue weighted by Gasteiger charge is -2.31. The monoisotopic (exact) mass is 610 g/mol. The lowest BCUT2D eigenvalue weighted by Crippen LogP contribution is -2.37. The highest BCUT2D eigenvalue weighted by molar-refractivity contribution is 7.98. The Morgan fingerprint density at radius 3 is 2.42 bits per heavy atom. The standard InChI is InChI=1S/C33H27ClN4O4S/c1-3-40-27-19-23(18-25(34)29(27)41-20-21-12-6-4-7-13-21)32-38(31(39)22-14-8-5-9-15-22)26-17-11-10-16-24(26)28-30(42-32)35-33(43-2)37-36-28/h4-19,32H,3,20H2,1-2H3. The first-order valence-electron chi connectivity index (χ1n) is 13.6. The minimum atomic E-state index is -0.985. The molecule has 1 unspecified atom stereocenters. The Balaban J connectivity index is 1.51. The number of carbonyl (C=O) groups is 1. The van der Waals surface area contributed by atoms with Crippen LogP contribution in [0.4, 0.5) is 5.69 Å². The van der Waals surface area contributed by atoms with Crippen molar-refractivity contribution < 1.29 is 19.0 Å². The summed E-state index contributed by atoms with van der Waals surface area (Å²) in [6.07, 6.45) is 0.875. The van der Waals surface area contributed by atoms with Crippen LogP contribution in [0.2, 0.25) is 5.02 Å². The third-order valence-corrected chi connectivity index (χ3v) is 7.60. The molecule has 216 valence electrons. The maximum absolute atomic E-state index is 14.3. The lowest BCUT2D eigenvalue weighted by atomic mass is 10.1. The van der Waals surface area contributed by atoms with E-state index in [1.54, 1.807) is 29.2 Å². The van der Waals surface area contributed by atoms with E-state index >= 15 is 0 Å². The first-order chi connectivity index (χ1) is 21.1. The molecule has 0 saturated carbocycles. The van der Waals surface area contributed by atoms with Crippen LogP contribution in [0.25, 0.3) is 11.3 Å². The van der Waals surface area contributed by atoms with Gasteiger partial charge in [0.15, 0.2) is 17.2 Å². The van der Waals surface area contributed by atoms with Gasteiger partial charge in [-0.1, -0.05) is 90.1 Å². The smallest absolute Gasteiger partial charge is 0.261 e. The van der Waals surface area contributed by atoms with Gasteiger partial charge in [0.05, 0.1) is 17.3 Å². The van der Waals surface area contributed by atoms with E-state index < -0.39 is 6.23 Å². The van der Waals surface area contributed by atoms with Gasteiger partial charge in [0.25, 0.3) is 5.91 Å². The van der Waals surface area contributed by atoms with E-state index in [1.165, 1.54) is 11.8 Å². The van der Waals surface area contributed by atoms with Gasteiger partial charge in [-0.2, -0.15) is 4.98 Å². The van der Waals surface area contributed by atoms with Crippen molar-refractivity contribution in [1.29, 1.82) is 0 Å². The van der Waals surface area contributed by atoms with Crippen molar-refractivity contribution in [3.63, 3.8) is 0 Å². The summed E-state index contributed by atoms with van der Waals surface area (Å²) in [5, 5.41) is 9.45. The van der Waals surface area contributed by atoms with E-state index in [0.717, 1.165) is 5.56 Å². The summed E-state index contributed by atoms with van der Waals surface area (Å²) in [7, 11) is 0. The average molecular weight is 611 g/mol. The van der Waals surface area contributed by atoms with Crippen molar-refractivity contribution >= 4 is 35.0 Å². The summed E-state index contributed by atoms with van der Waals surface area (Å²) in [6.45, 7) is 2.56. The normalized spacial score (nSPS) is 13.7. The quantitative estimate of drug-likeness (QED) is 0.166. The fourth-order valence-corrected chi connectivity index (χ4v) is 5.39. The number of ether oxygens (including phenoxy) is 3. The number of anilines is 1. The van der Waals surface area contributed by atoms with Gasteiger partial charge in [-0.3, -0.25) is 9.69 Å². The van der Waals surface area contributed by atoms with Crippen LogP contribution in [-0.2, 0) is 6.61 Å². The number of aromatic nitrogens is 3. The SMILES string of the molecule is CCOc1cc(C2Oc3nc(SC)nnc3-c3ccccc3N2C(=O)c2ccccc2)cc(Cl)c1OCc1ccccc1. The maximum Gasteiger partial charge on any atom is 0.261 e. The molecule has 43 heavy (non-hydrogen) atoms. The number of halogens is 1. The van der Waals surface area contributed by atoms with E-state index in [1.807, 2.05) is 86.0 Å². The molecule has 8 nitrogen and oxygen atoms in total. The van der Waals surface area contributed by atoms with Crippen molar-refractivity contribution in [1.82, 2.24) is 15.2 Å². The second-order valence-electron chi connectivity index (χ2n) is 9.52. The van der Waals surface area contributed by atoms with Gasteiger partial charge < -0.3 is 14.2 Å². The topological polar surface area (TPSA) is 86.7 Å². The van der Waals surface area contributed by atoms with E-state index in [4.69, 9.17) is 25.8 Å². The Hall–Kier alpha value is -4.60. The van der Waals surface area contributed by atoms with Crippen molar-refractivity contribution in [2.75, 3.05) is 17.8 Å². The van der Waals surface area contributed by atoms with Crippen LogP contribution in [0.1, 0.15) is 34.6 Å². The Bertz CT molecular complexity index is 1760. The molecule has 6 rings (SSSR count). The molecule has 1 aliphatic heterocycles. The summed E-state index contributed by atoms with van der Waals surface area (Å²) in [5.74, 6) is 0.807. The molecule has 0 bridgehead atoms. The Morgan fingerprint density at radius 2 is 1.67 bits per heavy atom. The molecule has 1 amide bonds. The fraction of sp³-hybridized carbons (Fsp3) is 0.152. The number of fused-ring (bicyclic) bond motifs is 3. The minimum absolute atomic E-state index is 0.249. The van der Waals surface area contributed by atoms with Crippen LogP contribution in [0.3, 0.4) is 0 Å². The Labute approximate surface area is 258 Å². The highest BCUT2D eigenvalue weighted by atomic mass is 35.5. The molecular formula is C33H27ClN4O4S. The summed E-state index contributed by atoms with van der Waals surface area (Å²) < 4.78 is 18.8. The zero-order valence-corrected chi connectivity index (χ0v) is 25.0. The number of carbonyl (C=O) groups excluding carboxylic acids is 1. The molecule has 2 heterocycles. The third-order valence-electron chi connectivity index (χ3n) is 6.78. The van der Waals surface area contributed by atoms with Gasteiger partial charge >= 0.3 is 0 Å². The van der Waals surface area contributed by atoms with E-state index in [9.17, 15) is 4.79 Å². The Morgan fingerprint density at radius 1 is 0.953 bits per heavy atom. The summed E-state index contributed by atoms with van der Waals surface area (Å²) in [5.41, 5.74) is 3.72. The van der Waals surface area contributed by atoms with Gasteiger partial charge in [-0.05, 0) is 49.1 Å². The van der Waals surface area contributed by atoms with Crippen LogP contribution in [-0.4, -0.2) is 34.0 Å². The third kappa shape index (κ3) is 5.86. The number of hydrogen-bond donors (Lipinski definition) is 0. The predicted octanol–water partition coefficient (Wildman–Crippen LogP) is 7.63. The summed E-state index contributed by atoms with van der Waals surface area (Å²) >= 11 is 8.23. The van der Waals surface area contributed by atoms with Crippen LogP contribution >= 0.6 is 23.4 Å². The number of thioether (sulfide) groups is 1. The van der Waals surface area contributed by atoms with Gasteiger partial charge in [0.1, 0.15) is 6.61 Å². The van der Waals surface area contributed by atoms with Gasteiger partial charge in [-0.25, -0.2) is 0 Å². The average Bonchev–Trinajstić information content (AvgIpc) is 3.19. The molecule has 0 aliphatic carbocycles. The molecular weight excluding hydrogens is 584 g/mol. The molecule has 0 saturated heterocycles. The molecule has 0 spiro atoms. The number of hydrogen-bond acceptors (Lipinski definition) is 8. The van der Waals surface area contributed by atoms with Crippen molar-refractivity contribution in [3.05, 3.63) is 119 Å². The molecule has 10 heteroatoms. The number of nitrogens with zero attached hydrogens (tertiary/aromatic N) is 4. The molecule has 4 aromatic carbocycles. The molecule has 1 aliphatic rings. The number of para-hydroxylation sites is 1.